The van der Waals surface area contributed by atoms with E-state index in [-0.39, 0.29) is 24.4 Å². The summed E-state index contributed by atoms with van der Waals surface area (Å²) in [5, 5.41) is 10.3. The van der Waals surface area contributed by atoms with Gasteiger partial charge in [-0.25, -0.2) is 19.3 Å². The van der Waals surface area contributed by atoms with Crippen LogP contribution >= 0.6 is 38.3 Å². The molecule has 2 saturated heterocycles. The average molecular weight is 662 g/mol. The van der Waals surface area contributed by atoms with E-state index in [1.54, 1.807) is 12.1 Å². The highest BCUT2D eigenvalue weighted by Crippen LogP contribution is 2.64. The number of hydrogen-bond acceptors (Lipinski definition) is 12. The fourth-order valence-corrected chi connectivity index (χ4v) is 8.65. The summed E-state index contributed by atoms with van der Waals surface area (Å²) >= 11 is 8.18. The number of aromatic amines is 1. The van der Waals surface area contributed by atoms with Gasteiger partial charge in [0.25, 0.3) is 12.1 Å². The maximum atomic E-state index is 15.8. The second kappa shape index (κ2) is 11.7. The molecule has 2 unspecified atom stereocenters. The Kier molecular flexibility index (Phi) is 8.28. The van der Waals surface area contributed by atoms with Gasteiger partial charge in [-0.1, -0.05) is 24.5 Å². The van der Waals surface area contributed by atoms with E-state index in [4.69, 9.17) is 24.3 Å². The molecule has 0 radical (unpaired) electrons. The zero-order valence-corrected chi connectivity index (χ0v) is 25.1. The molecule has 4 aromatic rings. The molecule has 6 heterocycles. The topological polar surface area (TPSA) is 199 Å². The summed E-state index contributed by atoms with van der Waals surface area (Å²) in [6, 6.07) is 3.22. The Hall–Kier alpha value is -2.27. The summed E-state index contributed by atoms with van der Waals surface area (Å²) in [5.41, 5.74) is 5.45. The minimum atomic E-state index is -3.90. The number of nitrogens with one attached hydrogen (secondary N) is 1. The fourth-order valence-electron chi connectivity index (χ4n) is 5.35. The molecule has 0 aliphatic carbocycles. The Morgan fingerprint density at radius 3 is 2.83 bits per heavy atom. The predicted molar refractivity (Wildman–Crippen MR) is 156 cm³/mol. The summed E-state index contributed by atoms with van der Waals surface area (Å²) < 4.78 is 67.6. The normalized spacial score (nSPS) is 30.2. The number of imidazole rings is 1. The number of aromatic nitrogens is 6. The van der Waals surface area contributed by atoms with Crippen molar-refractivity contribution in [2.24, 2.45) is 0 Å². The van der Waals surface area contributed by atoms with Crippen molar-refractivity contribution >= 4 is 66.2 Å². The van der Waals surface area contributed by atoms with Crippen molar-refractivity contribution in [2.75, 3.05) is 18.9 Å². The number of alkyl halides is 1. The molecule has 0 amide bonds. The third-order valence-corrected chi connectivity index (χ3v) is 11.2. The molecule has 0 spiro atoms. The molecule has 2 fully saturated rings. The van der Waals surface area contributed by atoms with Gasteiger partial charge in [0, 0.05) is 12.4 Å². The minimum Gasteiger partial charge on any atom is -0.394 e. The molecule has 6 rings (SSSR count). The lowest BCUT2D eigenvalue weighted by Gasteiger charge is -2.27. The minimum absolute atomic E-state index is 0.103. The first-order valence-electron chi connectivity index (χ1n) is 12.6. The third kappa shape index (κ3) is 5.33. The van der Waals surface area contributed by atoms with Crippen LogP contribution in [0.1, 0.15) is 18.9 Å². The first kappa shape index (κ1) is 29.8. The Morgan fingerprint density at radius 1 is 1.26 bits per heavy atom. The van der Waals surface area contributed by atoms with E-state index >= 15 is 4.39 Å². The molecule has 9 atom stereocenters. The molecule has 2 aliphatic rings. The van der Waals surface area contributed by atoms with Crippen LogP contribution in [0.25, 0.3) is 22.1 Å². The van der Waals surface area contributed by atoms with Crippen LogP contribution in [0.15, 0.2) is 42.0 Å². The van der Waals surface area contributed by atoms with Crippen LogP contribution in [0, 0.1) is 0 Å². The van der Waals surface area contributed by atoms with Gasteiger partial charge in [-0.3, -0.25) is 13.9 Å². The summed E-state index contributed by atoms with van der Waals surface area (Å²) in [5.74, 6) is 0.195. The van der Waals surface area contributed by atoms with Crippen LogP contribution in [0.3, 0.4) is 0 Å². The second-order valence-electron chi connectivity index (χ2n) is 9.76. The number of nitrogens with zero attached hydrogens (tertiary/aromatic N) is 5. The van der Waals surface area contributed by atoms with Crippen molar-refractivity contribution < 1.29 is 37.1 Å². The van der Waals surface area contributed by atoms with Crippen molar-refractivity contribution in [2.45, 2.75) is 49.0 Å². The predicted octanol–water partition coefficient (Wildman–Crippen LogP) is 2.48. The van der Waals surface area contributed by atoms with E-state index in [0.29, 0.717) is 16.6 Å². The molecular weight excluding hydrogens is 635 g/mol. The van der Waals surface area contributed by atoms with Crippen LogP contribution in [-0.4, -0.2) is 77.5 Å². The van der Waals surface area contributed by atoms with E-state index in [9.17, 15) is 19.0 Å². The summed E-state index contributed by atoms with van der Waals surface area (Å²) in [4.78, 5) is 26.9. The number of aliphatic hydroxyl groups excluding tert-OH is 1. The molecule has 4 N–H and O–H groups in total. The van der Waals surface area contributed by atoms with E-state index in [2.05, 4.69) is 44.4 Å². The SMILES string of the molecule is Nc1ncnc2c1ccn2[C@@H]1O[C@H](COP(=O)(S)[C@@H]2C[C@@H](CO)O[C@H]2n2cnc3c(=O)[nH]ccc32)[C@@H](O[PH](=O)S)[C@@H]1F. The molecule has 15 nitrogen and oxygen atoms in total. The Labute approximate surface area is 247 Å². The number of nitrogens with two attached hydrogens (primary N) is 1. The van der Waals surface area contributed by atoms with Crippen LogP contribution < -0.4 is 11.3 Å². The smallest absolute Gasteiger partial charge is 0.276 e. The number of thiol groups is 2. The van der Waals surface area contributed by atoms with Crippen molar-refractivity contribution in [1.82, 2.24) is 29.1 Å². The standard InChI is InChI=1S/C22H26FN7O8P2S2/c23-15-17(38-39(33)41)13(37-22(15)29-4-2-11-18(24)26-8-27-19(11)29)7-35-40(34,42)14-5-10(6-31)36-21(14)30-9-28-16-12(30)1-3-25-20(16)32/h1-4,8-10,13-15,17,21-22,31,39H,5-7H2,(H,25,32)(H,33,41)(H,34,42)(H2,24,26,27)/t10-,13+,14+,15-,17+,21+,22+,40?/m0/s1. The number of rotatable bonds is 9. The van der Waals surface area contributed by atoms with Crippen LogP contribution in [-0.2, 0) is 27.7 Å². The zero-order valence-electron chi connectivity index (χ0n) is 21.5. The number of nitrogen functional groups attached to an aromatic ring is 1. The quantitative estimate of drug-likeness (QED) is 0.130. The number of H-pyrrole nitrogens is 1. The first-order valence-corrected chi connectivity index (χ1v) is 18.1. The highest BCUT2D eigenvalue weighted by Gasteiger charge is 2.51. The van der Waals surface area contributed by atoms with E-state index in [1.165, 1.54) is 34.2 Å². The lowest BCUT2D eigenvalue weighted by atomic mass is 10.1. The van der Waals surface area contributed by atoms with Crippen LogP contribution in [0.4, 0.5) is 10.2 Å². The van der Waals surface area contributed by atoms with E-state index < -0.39 is 68.6 Å². The number of halogens is 1. The molecule has 2 aliphatic heterocycles. The third-order valence-electron chi connectivity index (χ3n) is 7.31. The number of hydrogen-bond donors (Lipinski definition) is 5. The van der Waals surface area contributed by atoms with E-state index in [1.807, 2.05) is 0 Å². The molecule has 42 heavy (non-hydrogen) atoms. The summed E-state index contributed by atoms with van der Waals surface area (Å²) in [7, 11) is -2.92. The maximum absolute atomic E-state index is 15.8. The molecule has 4 aromatic heterocycles. The van der Waals surface area contributed by atoms with Gasteiger partial charge in [0.2, 0.25) is 7.23 Å². The Bertz CT molecular complexity index is 1760. The molecule has 20 heteroatoms. The van der Waals surface area contributed by atoms with Crippen LogP contribution in [0.2, 0.25) is 0 Å². The van der Waals surface area contributed by atoms with Gasteiger partial charge in [0.15, 0.2) is 17.9 Å². The van der Waals surface area contributed by atoms with Crippen molar-refractivity contribution in [1.29, 1.82) is 0 Å². The highest BCUT2D eigenvalue weighted by molar-refractivity contribution is 8.46. The van der Waals surface area contributed by atoms with Gasteiger partial charge in [-0.15, -0.1) is 0 Å². The number of fused-ring (bicyclic) bond motifs is 2. The van der Waals surface area contributed by atoms with Crippen molar-refractivity contribution in [3.8, 4) is 0 Å². The van der Waals surface area contributed by atoms with Crippen molar-refractivity contribution in [3.63, 3.8) is 0 Å². The van der Waals surface area contributed by atoms with Crippen LogP contribution in [0.5, 0.6) is 0 Å². The number of aliphatic hydroxyl groups is 1. The average Bonchev–Trinajstić information content (AvgIpc) is 3.73. The van der Waals surface area contributed by atoms with Gasteiger partial charge in [-0.05, 0) is 18.6 Å². The Balaban J connectivity index is 1.25. The monoisotopic (exact) mass is 661 g/mol. The lowest BCUT2D eigenvalue weighted by Crippen LogP contribution is -2.33. The van der Waals surface area contributed by atoms with Gasteiger partial charge in [-0.2, -0.15) is 0 Å². The second-order valence-corrected chi connectivity index (χ2v) is 15.3. The van der Waals surface area contributed by atoms with E-state index in [0.717, 1.165) is 0 Å². The molecule has 0 aromatic carbocycles. The highest BCUT2D eigenvalue weighted by atomic mass is 32.7. The number of pyridine rings is 1. The number of ether oxygens (including phenoxy) is 2. The molecule has 226 valence electrons. The molecular formula is C22H26FN7O8P2S2. The Morgan fingerprint density at radius 2 is 2.07 bits per heavy atom. The molecule has 0 bridgehead atoms. The van der Waals surface area contributed by atoms with Gasteiger partial charge in [0.1, 0.15) is 36.2 Å². The van der Waals surface area contributed by atoms with Gasteiger partial charge < -0.3 is 43.5 Å². The zero-order chi connectivity index (χ0) is 29.8. The van der Waals surface area contributed by atoms with Gasteiger partial charge >= 0.3 is 0 Å². The largest absolute Gasteiger partial charge is 0.394 e. The molecule has 0 saturated carbocycles. The fraction of sp³-hybridized carbons (Fsp3) is 0.455. The first-order chi connectivity index (χ1) is 20.1. The van der Waals surface area contributed by atoms with Gasteiger partial charge in [0.05, 0.1) is 42.2 Å². The summed E-state index contributed by atoms with van der Waals surface area (Å²) in [6.07, 6.45) is -1.68. The number of anilines is 1. The lowest BCUT2D eigenvalue weighted by molar-refractivity contribution is -0.0383. The summed E-state index contributed by atoms with van der Waals surface area (Å²) in [6.45, 7) is -4.73. The van der Waals surface area contributed by atoms with Crippen molar-refractivity contribution in [3.05, 3.63) is 47.5 Å². The maximum Gasteiger partial charge on any atom is 0.276 e.